The molecule has 1 atom stereocenters. The molecule has 0 radical (unpaired) electrons. The van der Waals surface area contributed by atoms with Crippen LogP contribution in [0.1, 0.15) is 28.4 Å². The van der Waals surface area contributed by atoms with Crippen molar-refractivity contribution in [1.29, 1.82) is 0 Å². The molecule has 1 heterocycles. The zero-order valence-corrected chi connectivity index (χ0v) is 11.7. The van der Waals surface area contributed by atoms with E-state index in [1.165, 1.54) is 4.88 Å². The van der Waals surface area contributed by atoms with Crippen LogP contribution >= 0.6 is 27.3 Å². The van der Waals surface area contributed by atoms with Gasteiger partial charge in [0.15, 0.2) is 0 Å². The van der Waals surface area contributed by atoms with Gasteiger partial charge in [-0.3, -0.25) is 4.79 Å². The van der Waals surface area contributed by atoms with E-state index in [1.807, 2.05) is 26.1 Å². The number of nitrogens with zero attached hydrogens (tertiary/aromatic N) is 1. The number of hydrogen-bond acceptors (Lipinski definition) is 2. The van der Waals surface area contributed by atoms with Crippen LogP contribution in [-0.2, 0) is 6.42 Å². The molecule has 4 heteroatoms. The van der Waals surface area contributed by atoms with E-state index in [0.717, 1.165) is 17.8 Å². The van der Waals surface area contributed by atoms with Crippen molar-refractivity contribution < 1.29 is 4.79 Å². The minimum atomic E-state index is 0.117. The number of alkyl halides is 1. The van der Waals surface area contributed by atoms with Gasteiger partial charge in [0.05, 0.1) is 4.88 Å². The number of carbonyl (C=O) groups excluding carboxylic acids is 1. The summed E-state index contributed by atoms with van der Waals surface area (Å²) in [6, 6.07) is 3.95. The van der Waals surface area contributed by atoms with E-state index >= 15 is 0 Å². The molecule has 0 saturated carbocycles. The molecule has 0 fully saturated rings. The molecular formula is C11H16BrNOS. The number of rotatable bonds is 4. The van der Waals surface area contributed by atoms with Crippen molar-refractivity contribution in [2.45, 2.75) is 25.1 Å². The van der Waals surface area contributed by atoms with Gasteiger partial charge in [0.25, 0.3) is 5.91 Å². The fraction of sp³-hybridized carbons (Fsp3) is 0.545. The molecule has 0 aliphatic rings. The standard InChI is InChI=1S/C11H16BrNOS/c1-4-9-5-6-10(15-9)11(14)13(3)7-8(2)12/h5-6,8H,4,7H2,1-3H3. The second-order valence-electron chi connectivity index (χ2n) is 3.59. The van der Waals surface area contributed by atoms with Crippen molar-refractivity contribution in [3.05, 3.63) is 21.9 Å². The lowest BCUT2D eigenvalue weighted by molar-refractivity contribution is 0.0802. The molecule has 1 rings (SSSR count). The molecule has 1 aromatic heterocycles. The van der Waals surface area contributed by atoms with Gasteiger partial charge in [-0.1, -0.05) is 29.8 Å². The van der Waals surface area contributed by atoms with E-state index in [9.17, 15) is 4.79 Å². The van der Waals surface area contributed by atoms with Crippen LogP contribution < -0.4 is 0 Å². The molecule has 1 unspecified atom stereocenters. The summed E-state index contributed by atoms with van der Waals surface area (Å²) in [5, 5.41) is 0. The molecule has 0 aromatic carbocycles. The van der Waals surface area contributed by atoms with Crippen molar-refractivity contribution in [3.63, 3.8) is 0 Å². The molecule has 0 bridgehead atoms. The summed E-state index contributed by atoms with van der Waals surface area (Å²) in [5.74, 6) is 0.117. The van der Waals surface area contributed by atoms with Crippen molar-refractivity contribution in [2.24, 2.45) is 0 Å². The lowest BCUT2D eigenvalue weighted by Gasteiger charge is -2.17. The van der Waals surface area contributed by atoms with E-state index < -0.39 is 0 Å². The molecule has 15 heavy (non-hydrogen) atoms. The lowest BCUT2D eigenvalue weighted by Crippen LogP contribution is -2.30. The smallest absolute Gasteiger partial charge is 0.263 e. The van der Waals surface area contributed by atoms with Crippen LogP contribution in [-0.4, -0.2) is 29.2 Å². The topological polar surface area (TPSA) is 20.3 Å². The Bertz CT molecular complexity index is 335. The number of thiophene rings is 1. The quantitative estimate of drug-likeness (QED) is 0.780. The van der Waals surface area contributed by atoms with Crippen molar-refractivity contribution in [1.82, 2.24) is 4.90 Å². The number of carbonyl (C=O) groups is 1. The van der Waals surface area contributed by atoms with Crippen LogP contribution in [0.4, 0.5) is 0 Å². The van der Waals surface area contributed by atoms with Gasteiger partial charge in [0.2, 0.25) is 0 Å². The first kappa shape index (κ1) is 12.7. The van der Waals surface area contributed by atoms with E-state index in [0.29, 0.717) is 4.83 Å². The molecular weight excluding hydrogens is 274 g/mol. The largest absolute Gasteiger partial charge is 0.340 e. The molecule has 1 aromatic rings. The highest BCUT2D eigenvalue weighted by atomic mass is 79.9. The summed E-state index contributed by atoms with van der Waals surface area (Å²) in [6.07, 6.45) is 0.997. The van der Waals surface area contributed by atoms with Crippen LogP contribution in [0.3, 0.4) is 0 Å². The second kappa shape index (κ2) is 5.66. The minimum absolute atomic E-state index is 0.117. The third-order valence-corrected chi connectivity index (χ3v) is 3.60. The van der Waals surface area contributed by atoms with Crippen LogP contribution in [0.5, 0.6) is 0 Å². The average Bonchev–Trinajstić information content (AvgIpc) is 2.63. The molecule has 0 saturated heterocycles. The molecule has 0 aliphatic carbocycles. The Morgan fingerprint density at radius 2 is 2.27 bits per heavy atom. The number of halogens is 1. The van der Waals surface area contributed by atoms with Crippen LogP contribution in [0.25, 0.3) is 0 Å². The highest BCUT2D eigenvalue weighted by Gasteiger charge is 2.14. The normalized spacial score (nSPS) is 12.5. The number of hydrogen-bond donors (Lipinski definition) is 0. The maximum Gasteiger partial charge on any atom is 0.263 e. The van der Waals surface area contributed by atoms with Gasteiger partial charge in [-0.15, -0.1) is 11.3 Å². The first-order valence-corrected chi connectivity index (χ1v) is 6.76. The Morgan fingerprint density at radius 3 is 2.73 bits per heavy atom. The average molecular weight is 290 g/mol. The van der Waals surface area contributed by atoms with Crippen LogP contribution in [0.2, 0.25) is 0 Å². The van der Waals surface area contributed by atoms with E-state index in [4.69, 9.17) is 0 Å². The first-order valence-electron chi connectivity index (χ1n) is 5.02. The predicted octanol–water partition coefficient (Wildman–Crippen LogP) is 3.17. The van der Waals surface area contributed by atoms with E-state index in [2.05, 4.69) is 22.9 Å². The summed E-state index contributed by atoms with van der Waals surface area (Å²) < 4.78 is 0. The third kappa shape index (κ3) is 3.61. The fourth-order valence-electron chi connectivity index (χ4n) is 1.33. The van der Waals surface area contributed by atoms with Crippen molar-refractivity contribution in [3.8, 4) is 0 Å². The van der Waals surface area contributed by atoms with Crippen LogP contribution in [0.15, 0.2) is 12.1 Å². The first-order chi connectivity index (χ1) is 7.04. The molecule has 2 nitrogen and oxygen atoms in total. The van der Waals surface area contributed by atoms with Crippen LogP contribution in [0, 0.1) is 0 Å². The Labute approximate surface area is 103 Å². The summed E-state index contributed by atoms with van der Waals surface area (Å²) in [6.45, 7) is 4.87. The minimum Gasteiger partial charge on any atom is -0.340 e. The Kier molecular flexibility index (Phi) is 4.80. The number of aryl methyl sites for hydroxylation is 1. The summed E-state index contributed by atoms with van der Waals surface area (Å²) in [7, 11) is 1.84. The molecule has 0 N–H and O–H groups in total. The zero-order chi connectivity index (χ0) is 11.4. The van der Waals surface area contributed by atoms with Gasteiger partial charge in [0, 0.05) is 23.3 Å². The fourth-order valence-corrected chi connectivity index (χ4v) is 2.71. The van der Waals surface area contributed by atoms with E-state index in [1.54, 1.807) is 16.2 Å². The van der Waals surface area contributed by atoms with E-state index in [-0.39, 0.29) is 5.91 Å². The highest BCUT2D eigenvalue weighted by Crippen LogP contribution is 2.18. The Hall–Kier alpha value is -0.350. The predicted molar refractivity (Wildman–Crippen MR) is 69.0 cm³/mol. The maximum atomic E-state index is 11.9. The molecule has 0 spiro atoms. The third-order valence-electron chi connectivity index (χ3n) is 2.09. The Morgan fingerprint density at radius 1 is 1.60 bits per heavy atom. The maximum absolute atomic E-state index is 11.9. The van der Waals surface area contributed by atoms with Crippen molar-refractivity contribution >= 4 is 33.2 Å². The SMILES string of the molecule is CCc1ccc(C(=O)N(C)CC(C)Br)s1. The zero-order valence-electron chi connectivity index (χ0n) is 9.29. The van der Waals surface area contributed by atoms with Gasteiger partial charge in [0.1, 0.15) is 0 Å². The summed E-state index contributed by atoms with van der Waals surface area (Å²) >= 11 is 5.03. The van der Waals surface area contributed by atoms with Gasteiger partial charge in [-0.25, -0.2) is 0 Å². The lowest BCUT2D eigenvalue weighted by atomic mass is 10.3. The molecule has 0 aliphatic heterocycles. The second-order valence-corrected chi connectivity index (χ2v) is 6.32. The molecule has 84 valence electrons. The van der Waals surface area contributed by atoms with Gasteiger partial charge in [-0.05, 0) is 18.6 Å². The van der Waals surface area contributed by atoms with Gasteiger partial charge in [-0.2, -0.15) is 0 Å². The monoisotopic (exact) mass is 289 g/mol. The molecule has 1 amide bonds. The summed E-state index contributed by atoms with van der Waals surface area (Å²) in [4.78, 5) is 16.1. The van der Waals surface area contributed by atoms with Crippen molar-refractivity contribution in [2.75, 3.05) is 13.6 Å². The van der Waals surface area contributed by atoms with Gasteiger partial charge >= 0.3 is 0 Å². The number of amides is 1. The van der Waals surface area contributed by atoms with Gasteiger partial charge < -0.3 is 4.90 Å². The Balaban J connectivity index is 2.67. The summed E-state index contributed by atoms with van der Waals surface area (Å²) in [5.41, 5.74) is 0. The highest BCUT2D eigenvalue weighted by molar-refractivity contribution is 9.09.